The molecule has 1 rings (SSSR count). The molecule has 1 heterocycles. The Labute approximate surface area is 130 Å². The van der Waals surface area contributed by atoms with Crippen LogP contribution in [0.2, 0.25) is 18.1 Å². The number of nitrogens with zero attached hydrogens (tertiary/aromatic N) is 1. The first-order chi connectivity index (χ1) is 9.78. The van der Waals surface area contributed by atoms with Crippen LogP contribution < -0.4 is 5.32 Å². The standard InChI is InChI=1S/C16H30N2O2Si/c1-16(2,3)21(4,5)20-12-8-15(18-10-11-19)14-7-6-9-17-13-14/h6-7,9,13,15,18-19H,8,10-12H2,1-5H3. The number of aromatic nitrogens is 1. The minimum Gasteiger partial charge on any atom is -0.417 e. The molecule has 0 radical (unpaired) electrons. The number of aliphatic hydroxyl groups excluding tert-OH is 1. The smallest absolute Gasteiger partial charge is 0.191 e. The van der Waals surface area contributed by atoms with E-state index in [2.05, 4.69) is 50.2 Å². The van der Waals surface area contributed by atoms with Crippen LogP contribution in [0, 0.1) is 0 Å². The summed E-state index contributed by atoms with van der Waals surface area (Å²) >= 11 is 0. The van der Waals surface area contributed by atoms with Gasteiger partial charge in [-0.05, 0) is 36.2 Å². The third-order valence-corrected chi connectivity index (χ3v) is 8.80. The average molecular weight is 311 g/mol. The summed E-state index contributed by atoms with van der Waals surface area (Å²) < 4.78 is 6.24. The van der Waals surface area contributed by atoms with Crippen LogP contribution in [0.25, 0.3) is 0 Å². The molecule has 0 saturated carbocycles. The van der Waals surface area contributed by atoms with Gasteiger partial charge in [-0.2, -0.15) is 0 Å². The van der Waals surface area contributed by atoms with E-state index < -0.39 is 8.32 Å². The van der Waals surface area contributed by atoms with Gasteiger partial charge in [0, 0.05) is 31.6 Å². The van der Waals surface area contributed by atoms with Crippen LogP contribution in [-0.4, -0.2) is 38.2 Å². The van der Waals surface area contributed by atoms with Crippen molar-refractivity contribution in [3.63, 3.8) is 0 Å². The summed E-state index contributed by atoms with van der Waals surface area (Å²) in [6.45, 7) is 12.7. The van der Waals surface area contributed by atoms with Gasteiger partial charge in [0.05, 0.1) is 6.61 Å². The summed E-state index contributed by atoms with van der Waals surface area (Å²) in [6, 6.07) is 4.18. The minimum atomic E-state index is -1.70. The molecule has 0 aliphatic rings. The van der Waals surface area contributed by atoms with E-state index in [-0.39, 0.29) is 17.7 Å². The van der Waals surface area contributed by atoms with Gasteiger partial charge >= 0.3 is 0 Å². The molecule has 0 bridgehead atoms. The van der Waals surface area contributed by atoms with Crippen molar-refractivity contribution in [3.8, 4) is 0 Å². The molecule has 0 aromatic carbocycles. The summed E-state index contributed by atoms with van der Waals surface area (Å²) in [7, 11) is -1.70. The number of pyridine rings is 1. The van der Waals surface area contributed by atoms with Gasteiger partial charge in [0.15, 0.2) is 8.32 Å². The maximum atomic E-state index is 9.02. The Balaban J connectivity index is 2.59. The Bertz CT molecular complexity index is 404. The van der Waals surface area contributed by atoms with E-state index in [1.165, 1.54) is 0 Å². The second kappa shape index (κ2) is 8.03. The molecule has 1 atom stereocenters. The topological polar surface area (TPSA) is 54.4 Å². The summed E-state index contributed by atoms with van der Waals surface area (Å²) in [5, 5.41) is 12.6. The van der Waals surface area contributed by atoms with E-state index in [0.717, 1.165) is 18.6 Å². The van der Waals surface area contributed by atoms with Crippen LogP contribution in [-0.2, 0) is 4.43 Å². The predicted octanol–water partition coefficient (Wildman–Crippen LogP) is 3.12. The number of nitrogens with one attached hydrogen (secondary N) is 1. The van der Waals surface area contributed by atoms with Crippen LogP contribution in [0.4, 0.5) is 0 Å². The number of hydrogen-bond acceptors (Lipinski definition) is 4. The van der Waals surface area contributed by atoms with Crippen LogP contribution >= 0.6 is 0 Å². The van der Waals surface area contributed by atoms with Crippen molar-refractivity contribution in [3.05, 3.63) is 30.1 Å². The Morgan fingerprint density at radius 1 is 1.38 bits per heavy atom. The van der Waals surface area contributed by atoms with E-state index in [1.807, 2.05) is 12.3 Å². The van der Waals surface area contributed by atoms with Gasteiger partial charge < -0.3 is 14.8 Å². The quantitative estimate of drug-likeness (QED) is 0.724. The maximum absolute atomic E-state index is 9.02. The first kappa shape index (κ1) is 18.3. The first-order valence-corrected chi connectivity index (χ1v) is 10.6. The van der Waals surface area contributed by atoms with Crippen molar-refractivity contribution in [2.45, 2.75) is 51.4 Å². The number of aliphatic hydroxyl groups is 1. The Kier molecular flexibility index (Phi) is 7.00. The summed E-state index contributed by atoms with van der Waals surface area (Å²) in [4.78, 5) is 4.18. The molecule has 0 fully saturated rings. The zero-order valence-corrected chi connectivity index (χ0v) is 15.0. The lowest BCUT2D eigenvalue weighted by Gasteiger charge is -2.36. The van der Waals surface area contributed by atoms with Gasteiger partial charge in [-0.25, -0.2) is 0 Å². The molecule has 120 valence electrons. The summed E-state index contributed by atoms with van der Waals surface area (Å²) in [5.74, 6) is 0. The largest absolute Gasteiger partial charge is 0.417 e. The van der Waals surface area contributed by atoms with Crippen LogP contribution in [0.15, 0.2) is 24.5 Å². The molecular weight excluding hydrogens is 280 g/mol. The fourth-order valence-electron chi connectivity index (χ4n) is 1.86. The van der Waals surface area contributed by atoms with E-state index in [9.17, 15) is 0 Å². The van der Waals surface area contributed by atoms with Crippen molar-refractivity contribution in [1.29, 1.82) is 0 Å². The molecule has 0 spiro atoms. The number of rotatable bonds is 8. The molecule has 1 aromatic rings. The fourth-order valence-corrected chi connectivity index (χ4v) is 2.92. The van der Waals surface area contributed by atoms with Crippen LogP contribution in [0.5, 0.6) is 0 Å². The van der Waals surface area contributed by atoms with Crippen molar-refractivity contribution < 1.29 is 9.53 Å². The Morgan fingerprint density at radius 2 is 2.10 bits per heavy atom. The molecule has 0 aliphatic carbocycles. The fraction of sp³-hybridized carbons (Fsp3) is 0.688. The molecular formula is C16H30N2O2Si. The lowest BCUT2D eigenvalue weighted by Crippen LogP contribution is -2.41. The SMILES string of the molecule is CC(C)(C)[Si](C)(C)OCCC(NCCO)c1cccnc1. The normalized spacial score (nSPS) is 14.2. The van der Waals surface area contributed by atoms with E-state index in [4.69, 9.17) is 9.53 Å². The maximum Gasteiger partial charge on any atom is 0.191 e. The Hall–Kier alpha value is -0.753. The van der Waals surface area contributed by atoms with Gasteiger partial charge in [0.2, 0.25) is 0 Å². The molecule has 1 unspecified atom stereocenters. The third-order valence-electron chi connectivity index (χ3n) is 4.26. The van der Waals surface area contributed by atoms with Crippen molar-refractivity contribution in [1.82, 2.24) is 10.3 Å². The van der Waals surface area contributed by atoms with E-state index in [0.29, 0.717) is 6.54 Å². The molecule has 0 saturated heterocycles. The lowest BCUT2D eigenvalue weighted by molar-refractivity contribution is 0.248. The monoisotopic (exact) mass is 310 g/mol. The van der Waals surface area contributed by atoms with Gasteiger partial charge in [0.25, 0.3) is 0 Å². The zero-order chi connectivity index (χ0) is 15.9. The molecule has 4 nitrogen and oxygen atoms in total. The molecule has 5 heteroatoms. The first-order valence-electron chi connectivity index (χ1n) is 7.66. The highest BCUT2D eigenvalue weighted by Gasteiger charge is 2.37. The highest BCUT2D eigenvalue weighted by molar-refractivity contribution is 6.74. The lowest BCUT2D eigenvalue weighted by atomic mass is 10.1. The highest BCUT2D eigenvalue weighted by Crippen LogP contribution is 2.36. The second-order valence-electron chi connectivity index (χ2n) is 6.91. The van der Waals surface area contributed by atoms with E-state index >= 15 is 0 Å². The molecule has 21 heavy (non-hydrogen) atoms. The predicted molar refractivity (Wildman–Crippen MR) is 89.8 cm³/mol. The molecule has 2 N–H and O–H groups in total. The van der Waals surface area contributed by atoms with Crippen molar-refractivity contribution in [2.24, 2.45) is 0 Å². The van der Waals surface area contributed by atoms with Crippen molar-refractivity contribution >= 4 is 8.32 Å². The zero-order valence-electron chi connectivity index (χ0n) is 14.0. The summed E-state index contributed by atoms with van der Waals surface area (Å²) in [6.07, 6.45) is 4.54. The van der Waals surface area contributed by atoms with Gasteiger partial charge in [-0.1, -0.05) is 26.8 Å². The second-order valence-corrected chi connectivity index (χ2v) is 11.7. The van der Waals surface area contributed by atoms with Crippen LogP contribution in [0.3, 0.4) is 0 Å². The van der Waals surface area contributed by atoms with Gasteiger partial charge in [0.1, 0.15) is 0 Å². The Morgan fingerprint density at radius 3 is 2.62 bits per heavy atom. The van der Waals surface area contributed by atoms with Gasteiger partial charge in [-0.15, -0.1) is 0 Å². The molecule has 1 aromatic heterocycles. The van der Waals surface area contributed by atoms with Crippen LogP contribution in [0.1, 0.15) is 38.8 Å². The van der Waals surface area contributed by atoms with E-state index in [1.54, 1.807) is 6.20 Å². The minimum absolute atomic E-state index is 0.139. The van der Waals surface area contributed by atoms with Crippen molar-refractivity contribution in [2.75, 3.05) is 19.8 Å². The molecule has 0 amide bonds. The third kappa shape index (κ3) is 5.86. The highest BCUT2D eigenvalue weighted by atomic mass is 28.4. The molecule has 0 aliphatic heterocycles. The van der Waals surface area contributed by atoms with Gasteiger partial charge in [-0.3, -0.25) is 4.98 Å². The number of hydrogen-bond donors (Lipinski definition) is 2. The summed E-state index contributed by atoms with van der Waals surface area (Å²) in [5.41, 5.74) is 1.14. The average Bonchev–Trinajstić information content (AvgIpc) is 2.42.